The van der Waals surface area contributed by atoms with Crippen LogP contribution >= 0.6 is 0 Å². The largest absolute Gasteiger partial charge is 0.462 e. The highest BCUT2D eigenvalue weighted by Crippen LogP contribution is 2.27. The number of rotatable bonds is 47. The van der Waals surface area contributed by atoms with Crippen LogP contribution in [-0.4, -0.2) is 142 Å². The lowest BCUT2D eigenvalue weighted by Gasteiger charge is -2.42. The molecule has 0 amide bonds. The fraction of sp³-hybridized carbons (Fsp3) is 0.964. The highest BCUT2D eigenvalue weighted by molar-refractivity contribution is 5.70. The van der Waals surface area contributed by atoms with E-state index < -0.39 is 92.7 Å². The van der Waals surface area contributed by atoms with Crippen LogP contribution in [0.25, 0.3) is 0 Å². The fourth-order valence-corrected chi connectivity index (χ4v) is 9.57. The van der Waals surface area contributed by atoms with E-state index in [4.69, 9.17) is 28.4 Å². The molecule has 4 unspecified atom stereocenters. The maximum Gasteiger partial charge on any atom is 0.306 e. The first-order chi connectivity index (χ1) is 34.5. The molecular formula is C56H106O15. The van der Waals surface area contributed by atoms with Crippen molar-refractivity contribution in [3.05, 3.63) is 0 Å². The molecule has 11 atom stereocenters. The first-order valence-electron chi connectivity index (χ1n) is 29.1. The molecule has 2 aliphatic rings. The quantitative estimate of drug-likeness (QED) is 0.0222. The SMILES string of the molecule is CCCCCCCCCCCCCCCCCCCCCCCCCC(=O)O[C@H](COC(=O)CCCCCCCCCCCCCC)CO[C@H]1O[C@@H](CO[C@H]2O[C@@H](CO)[C@@H](O)C(O)C2O)[C@@H](O)C(O)C1O. The van der Waals surface area contributed by atoms with Crippen LogP contribution in [0.3, 0.4) is 0 Å². The van der Waals surface area contributed by atoms with Gasteiger partial charge in [-0.15, -0.1) is 0 Å². The smallest absolute Gasteiger partial charge is 0.306 e. The van der Waals surface area contributed by atoms with Crippen molar-refractivity contribution in [1.82, 2.24) is 0 Å². The summed E-state index contributed by atoms with van der Waals surface area (Å²) in [5, 5.41) is 72.2. The van der Waals surface area contributed by atoms with E-state index in [-0.39, 0.29) is 26.1 Å². The molecule has 0 bridgehead atoms. The zero-order chi connectivity index (χ0) is 51.7. The van der Waals surface area contributed by atoms with Gasteiger partial charge >= 0.3 is 11.9 Å². The number of esters is 2. The molecule has 2 aliphatic heterocycles. The van der Waals surface area contributed by atoms with E-state index >= 15 is 0 Å². The van der Waals surface area contributed by atoms with Gasteiger partial charge in [-0.05, 0) is 12.8 Å². The van der Waals surface area contributed by atoms with Crippen LogP contribution in [0, 0.1) is 0 Å². The third kappa shape index (κ3) is 31.2. The van der Waals surface area contributed by atoms with Crippen LogP contribution in [-0.2, 0) is 38.0 Å². The van der Waals surface area contributed by atoms with Gasteiger partial charge in [-0.1, -0.05) is 226 Å². The van der Waals surface area contributed by atoms with Gasteiger partial charge in [0.1, 0.15) is 55.4 Å². The van der Waals surface area contributed by atoms with E-state index in [2.05, 4.69) is 13.8 Å². The molecule has 0 saturated carbocycles. The minimum Gasteiger partial charge on any atom is -0.462 e. The molecule has 2 fully saturated rings. The van der Waals surface area contributed by atoms with E-state index in [1.54, 1.807) is 0 Å². The van der Waals surface area contributed by atoms with Crippen LogP contribution in [0.2, 0.25) is 0 Å². The van der Waals surface area contributed by atoms with Gasteiger partial charge in [0.2, 0.25) is 0 Å². The summed E-state index contributed by atoms with van der Waals surface area (Å²) < 4.78 is 33.7. The van der Waals surface area contributed by atoms with Crippen molar-refractivity contribution >= 4 is 11.9 Å². The van der Waals surface area contributed by atoms with Crippen molar-refractivity contribution in [2.24, 2.45) is 0 Å². The average molecular weight is 1020 g/mol. The molecule has 2 heterocycles. The number of ether oxygens (including phenoxy) is 6. The Kier molecular flexibility index (Phi) is 40.4. The fourth-order valence-electron chi connectivity index (χ4n) is 9.57. The minimum absolute atomic E-state index is 0.174. The predicted octanol–water partition coefficient (Wildman–Crippen LogP) is 9.56. The molecule has 0 radical (unpaired) electrons. The summed E-state index contributed by atoms with van der Waals surface area (Å²) in [7, 11) is 0. The van der Waals surface area contributed by atoms with Crippen molar-refractivity contribution in [2.75, 3.05) is 26.4 Å². The Balaban J connectivity index is 1.71. The third-order valence-corrected chi connectivity index (χ3v) is 14.3. The number of carbonyl (C=O) groups excluding carboxylic acids is 2. The van der Waals surface area contributed by atoms with Crippen LogP contribution < -0.4 is 0 Å². The Morgan fingerprint density at radius 1 is 0.394 bits per heavy atom. The van der Waals surface area contributed by atoms with Crippen molar-refractivity contribution in [3.8, 4) is 0 Å². The first-order valence-corrected chi connectivity index (χ1v) is 29.1. The van der Waals surface area contributed by atoms with Gasteiger partial charge in [-0.25, -0.2) is 0 Å². The normalized spacial score (nSPS) is 25.1. The molecule has 0 aliphatic carbocycles. The summed E-state index contributed by atoms with van der Waals surface area (Å²) in [4.78, 5) is 25.8. The number of unbranched alkanes of at least 4 members (excludes halogenated alkanes) is 33. The number of aliphatic hydroxyl groups is 7. The molecule has 0 aromatic heterocycles. The molecule has 2 rings (SSSR count). The van der Waals surface area contributed by atoms with Crippen molar-refractivity contribution < 1.29 is 73.8 Å². The Labute approximate surface area is 429 Å². The predicted molar refractivity (Wildman–Crippen MR) is 275 cm³/mol. The Morgan fingerprint density at radius 2 is 0.718 bits per heavy atom. The monoisotopic (exact) mass is 1020 g/mol. The maximum absolute atomic E-state index is 13.1. The van der Waals surface area contributed by atoms with Crippen molar-refractivity contribution in [2.45, 2.75) is 319 Å². The summed E-state index contributed by atoms with van der Waals surface area (Å²) in [5.41, 5.74) is 0. The molecule has 71 heavy (non-hydrogen) atoms. The van der Waals surface area contributed by atoms with E-state index in [1.165, 1.54) is 173 Å². The molecule has 420 valence electrons. The van der Waals surface area contributed by atoms with Crippen LogP contribution in [0.5, 0.6) is 0 Å². The molecule has 15 nitrogen and oxygen atoms in total. The second-order valence-electron chi connectivity index (χ2n) is 20.8. The highest BCUT2D eigenvalue weighted by Gasteiger charge is 2.47. The van der Waals surface area contributed by atoms with Crippen LogP contribution in [0.4, 0.5) is 0 Å². The zero-order valence-electron chi connectivity index (χ0n) is 44.7. The minimum atomic E-state index is -1.76. The van der Waals surface area contributed by atoms with Gasteiger partial charge in [0.15, 0.2) is 18.7 Å². The number of aliphatic hydroxyl groups excluding tert-OH is 7. The van der Waals surface area contributed by atoms with Gasteiger partial charge < -0.3 is 64.2 Å². The summed E-state index contributed by atoms with van der Waals surface area (Å²) in [6.45, 7) is 2.64. The lowest BCUT2D eigenvalue weighted by atomic mass is 9.98. The zero-order valence-corrected chi connectivity index (χ0v) is 44.7. The molecule has 0 spiro atoms. The van der Waals surface area contributed by atoms with E-state index in [0.717, 1.165) is 38.5 Å². The lowest BCUT2D eigenvalue weighted by molar-refractivity contribution is -0.332. The molecular weight excluding hydrogens is 913 g/mol. The first kappa shape index (κ1) is 65.6. The average Bonchev–Trinajstić information content (AvgIpc) is 3.36. The van der Waals surface area contributed by atoms with Crippen molar-refractivity contribution in [1.29, 1.82) is 0 Å². The standard InChI is InChI=1S/C56H106O15/c1-3-5-7-9-11-13-15-17-18-19-20-21-22-23-24-25-26-27-29-31-33-35-37-39-48(59)69-44(41-66-47(58)38-36-34-32-30-28-16-14-12-10-8-6-4-2)42-67-55-54(65)52(63)50(61)46(71-55)43-68-56-53(64)51(62)49(60)45(40-57)70-56/h44-46,49-57,60-65H,3-43H2,1-2H3/t44-,45+,46+,49-,50-,51?,52?,53?,54?,55+,56+/m1/s1. The summed E-state index contributed by atoms with van der Waals surface area (Å²) in [6, 6.07) is 0. The van der Waals surface area contributed by atoms with Gasteiger partial charge in [0.25, 0.3) is 0 Å². The Hall–Kier alpha value is -1.50. The Morgan fingerprint density at radius 3 is 1.10 bits per heavy atom. The molecule has 15 heteroatoms. The highest BCUT2D eigenvalue weighted by atomic mass is 16.7. The van der Waals surface area contributed by atoms with Gasteiger partial charge in [0.05, 0.1) is 19.8 Å². The summed E-state index contributed by atoms with van der Waals surface area (Å²) in [6.07, 6.45) is 27.1. The number of carbonyl (C=O) groups is 2. The summed E-state index contributed by atoms with van der Waals surface area (Å²) >= 11 is 0. The Bertz CT molecular complexity index is 1240. The van der Waals surface area contributed by atoms with Crippen molar-refractivity contribution in [3.63, 3.8) is 0 Å². The molecule has 0 aromatic carbocycles. The molecule has 2 saturated heterocycles. The lowest BCUT2D eigenvalue weighted by Crippen LogP contribution is -2.61. The second kappa shape index (κ2) is 43.7. The third-order valence-electron chi connectivity index (χ3n) is 14.3. The van der Waals surface area contributed by atoms with E-state index in [9.17, 15) is 45.3 Å². The van der Waals surface area contributed by atoms with Gasteiger partial charge in [0, 0.05) is 12.8 Å². The van der Waals surface area contributed by atoms with Crippen LogP contribution in [0.1, 0.15) is 251 Å². The topological polar surface area (TPSA) is 231 Å². The molecule has 7 N–H and O–H groups in total. The second-order valence-corrected chi connectivity index (χ2v) is 20.8. The van der Waals surface area contributed by atoms with Gasteiger partial charge in [-0.3, -0.25) is 9.59 Å². The summed E-state index contributed by atoms with van der Waals surface area (Å²) in [5.74, 6) is -0.906. The molecule has 0 aromatic rings. The van der Waals surface area contributed by atoms with Crippen LogP contribution in [0.15, 0.2) is 0 Å². The number of hydrogen-bond acceptors (Lipinski definition) is 15. The van der Waals surface area contributed by atoms with Gasteiger partial charge in [-0.2, -0.15) is 0 Å². The van der Waals surface area contributed by atoms with E-state index in [1.807, 2.05) is 0 Å². The maximum atomic E-state index is 13.1. The number of hydrogen-bond donors (Lipinski definition) is 7. The van der Waals surface area contributed by atoms with E-state index in [0.29, 0.717) is 12.8 Å².